The SMILES string of the molecule is C=P(O)(CO[C@H](C)Cn1cnc2c(N)ncnc21)Oc1ccc(Cl)cc1. The summed E-state index contributed by atoms with van der Waals surface area (Å²) in [6.07, 6.45) is 6.52. The zero-order valence-corrected chi connectivity index (χ0v) is 15.8. The van der Waals surface area contributed by atoms with Gasteiger partial charge in [0, 0.05) is 5.02 Å². The van der Waals surface area contributed by atoms with E-state index in [4.69, 9.17) is 26.6 Å². The van der Waals surface area contributed by atoms with E-state index in [1.165, 1.54) is 6.33 Å². The second-order valence-corrected chi connectivity index (χ2v) is 8.40. The average Bonchev–Trinajstić information content (AvgIpc) is 3.00. The number of nitrogen functional groups attached to an aromatic ring is 1. The molecule has 0 bridgehead atoms. The minimum absolute atomic E-state index is 0.0133. The standard InChI is InChI=1S/C16H19ClN5O3P/c1-11(7-22-9-21-14-15(18)19-8-20-16(14)22)24-10-26(2,23)25-13-5-3-12(17)4-6-13/h3-6,8-9,11,23H,2,7,10H2,1H3,(H2,18,19,20)/t11-,26?/m1/s1. The van der Waals surface area contributed by atoms with E-state index in [1.807, 2.05) is 11.5 Å². The molecule has 0 radical (unpaired) electrons. The van der Waals surface area contributed by atoms with Gasteiger partial charge in [0.15, 0.2) is 18.8 Å². The van der Waals surface area contributed by atoms with Gasteiger partial charge in [-0.15, -0.1) is 0 Å². The van der Waals surface area contributed by atoms with Gasteiger partial charge in [-0.25, -0.2) is 15.0 Å². The second-order valence-electron chi connectivity index (χ2n) is 5.83. The van der Waals surface area contributed by atoms with Gasteiger partial charge in [-0.05, 0) is 37.5 Å². The van der Waals surface area contributed by atoms with Gasteiger partial charge < -0.3 is 24.5 Å². The minimum Gasteiger partial charge on any atom is -0.451 e. The molecule has 1 unspecified atom stereocenters. The van der Waals surface area contributed by atoms with Crippen LogP contribution in [-0.4, -0.2) is 43.2 Å². The summed E-state index contributed by atoms with van der Waals surface area (Å²) in [7, 11) is -2.97. The molecule has 0 saturated carbocycles. The van der Waals surface area contributed by atoms with Crippen molar-refractivity contribution in [3.05, 3.63) is 41.9 Å². The van der Waals surface area contributed by atoms with Crippen LogP contribution in [0.25, 0.3) is 11.2 Å². The fourth-order valence-electron chi connectivity index (χ4n) is 2.32. The van der Waals surface area contributed by atoms with Gasteiger partial charge in [-0.3, -0.25) is 0 Å². The minimum atomic E-state index is -2.97. The number of imidazole rings is 1. The van der Waals surface area contributed by atoms with Crippen molar-refractivity contribution >= 4 is 42.2 Å². The van der Waals surface area contributed by atoms with Crippen LogP contribution in [0.3, 0.4) is 0 Å². The molecule has 0 spiro atoms. The molecule has 0 aliphatic rings. The van der Waals surface area contributed by atoms with Crippen molar-refractivity contribution in [1.29, 1.82) is 0 Å². The first kappa shape index (κ1) is 18.7. The molecular formula is C16H19ClN5O3P. The fourth-order valence-corrected chi connectivity index (χ4v) is 3.50. The average molecular weight is 396 g/mol. The largest absolute Gasteiger partial charge is 0.451 e. The number of rotatable bonds is 7. The van der Waals surface area contributed by atoms with Crippen LogP contribution in [-0.2, 0) is 11.3 Å². The third-order valence-corrected chi connectivity index (χ3v) is 4.89. The molecule has 0 aliphatic heterocycles. The Morgan fingerprint density at radius 2 is 2.04 bits per heavy atom. The summed E-state index contributed by atoms with van der Waals surface area (Å²) in [6.45, 7) is 2.35. The first-order chi connectivity index (χ1) is 12.3. The van der Waals surface area contributed by atoms with Crippen molar-refractivity contribution in [2.24, 2.45) is 0 Å². The molecule has 26 heavy (non-hydrogen) atoms. The van der Waals surface area contributed by atoms with Gasteiger partial charge in [-0.2, -0.15) is 0 Å². The first-order valence-electron chi connectivity index (χ1n) is 7.77. The molecule has 2 heterocycles. The molecule has 0 saturated heterocycles. The van der Waals surface area contributed by atoms with E-state index >= 15 is 0 Å². The molecule has 10 heteroatoms. The lowest BCUT2D eigenvalue weighted by atomic mass is 10.3. The first-order valence-corrected chi connectivity index (χ1v) is 10.2. The lowest BCUT2D eigenvalue weighted by molar-refractivity contribution is 0.0822. The Morgan fingerprint density at radius 1 is 1.31 bits per heavy atom. The highest BCUT2D eigenvalue weighted by Gasteiger charge is 2.17. The summed E-state index contributed by atoms with van der Waals surface area (Å²) in [4.78, 5) is 22.7. The smallest absolute Gasteiger partial charge is 0.189 e. The van der Waals surface area contributed by atoms with Gasteiger partial charge in [0.25, 0.3) is 0 Å². The Labute approximate surface area is 155 Å². The van der Waals surface area contributed by atoms with Gasteiger partial charge >= 0.3 is 0 Å². The maximum absolute atomic E-state index is 10.4. The number of anilines is 1. The Hall–Kier alpha value is -2.12. The van der Waals surface area contributed by atoms with Crippen molar-refractivity contribution in [1.82, 2.24) is 19.5 Å². The Bertz CT molecular complexity index is 947. The van der Waals surface area contributed by atoms with Crippen LogP contribution in [0.1, 0.15) is 6.92 Å². The van der Waals surface area contributed by atoms with Crippen LogP contribution in [0.15, 0.2) is 36.9 Å². The summed E-state index contributed by atoms with van der Waals surface area (Å²) < 4.78 is 13.1. The van der Waals surface area contributed by atoms with Crippen LogP contribution in [0.4, 0.5) is 5.82 Å². The van der Waals surface area contributed by atoms with Crippen LogP contribution >= 0.6 is 18.9 Å². The number of aromatic nitrogens is 4. The molecule has 1 aromatic carbocycles. The molecule has 0 fully saturated rings. The quantitative estimate of drug-likeness (QED) is 0.592. The Balaban J connectivity index is 1.59. The summed E-state index contributed by atoms with van der Waals surface area (Å²) in [5, 5.41) is 0.588. The van der Waals surface area contributed by atoms with Gasteiger partial charge in [0.1, 0.15) is 23.9 Å². The summed E-state index contributed by atoms with van der Waals surface area (Å²) in [5.41, 5.74) is 6.96. The van der Waals surface area contributed by atoms with E-state index < -0.39 is 7.34 Å². The molecule has 3 rings (SSSR count). The number of hydrogen-bond donors (Lipinski definition) is 2. The number of benzene rings is 1. The predicted octanol–water partition coefficient (Wildman–Crippen LogP) is 2.78. The third kappa shape index (κ3) is 4.53. The Morgan fingerprint density at radius 3 is 2.77 bits per heavy atom. The topological polar surface area (TPSA) is 108 Å². The predicted molar refractivity (Wildman–Crippen MR) is 103 cm³/mol. The van der Waals surface area contributed by atoms with E-state index in [0.29, 0.717) is 34.3 Å². The van der Waals surface area contributed by atoms with Gasteiger partial charge in [0.2, 0.25) is 0 Å². The third-order valence-electron chi connectivity index (χ3n) is 3.53. The zero-order chi connectivity index (χ0) is 18.7. The van der Waals surface area contributed by atoms with Crippen LogP contribution in [0.2, 0.25) is 5.02 Å². The molecule has 3 aromatic rings. The number of nitrogens with two attached hydrogens (primary N) is 1. The molecule has 2 atom stereocenters. The van der Waals surface area contributed by atoms with Crippen LogP contribution < -0.4 is 10.3 Å². The van der Waals surface area contributed by atoms with Crippen molar-refractivity contribution in [3.8, 4) is 5.75 Å². The van der Waals surface area contributed by atoms with E-state index in [0.717, 1.165) is 0 Å². The summed E-state index contributed by atoms with van der Waals surface area (Å²) in [5.74, 6) is 0.820. The maximum atomic E-state index is 10.4. The summed E-state index contributed by atoms with van der Waals surface area (Å²) >= 11 is 5.83. The number of ether oxygens (including phenoxy) is 1. The zero-order valence-electron chi connectivity index (χ0n) is 14.1. The molecule has 0 aliphatic carbocycles. The maximum Gasteiger partial charge on any atom is 0.189 e. The Kier molecular flexibility index (Phi) is 5.48. The highest BCUT2D eigenvalue weighted by molar-refractivity contribution is 7.63. The fraction of sp³-hybridized carbons (Fsp3) is 0.250. The number of fused-ring (bicyclic) bond motifs is 1. The molecule has 2 aromatic heterocycles. The van der Waals surface area contributed by atoms with Crippen LogP contribution in [0, 0.1) is 0 Å². The van der Waals surface area contributed by atoms with Gasteiger partial charge in [0.05, 0.1) is 19.0 Å². The van der Waals surface area contributed by atoms with Crippen molar-refractivity contribution in [2.45, 2.75) is 19.6 Å². The molecule has 0 amide bonds. The molecule has 138 valence electrons. The summed E-state index contributed by atoms with van der Waals surface area (Å²) in [6, 6.07) is 6.70. The van der Waals surface area contributed by atoms with Crippen molar-refractivity contribution in [3.63, 3.8) is 0 Å². The molecule has 3 N–H and O–H groups in total. The van der Waals surface area contributed by atoms with E-state index in [-0.39, 0.29) is 12.5 Å². The normalized spacial score (nSPS) is 14.9. The van der Waals surface area contributed by atoms with Crippen molar-refractivity contribution < 1.29 is 14.2 Å². The van der Waals surface area contributed by atoms with E-state index in [2.05, 4.69) is 21.3 Å². The van der Waals surface area contributed by atoms with Crippen LogP contribution in [0.5, 0.6) is 5.75 Å². The van der Waals surface area contributed by atoms with Gasteiger partial charge in [-0.1, -0.05) is 11.6 Å². The monoisotopic (exact) mass is 395 g/mol. The highest BCUT2D eigenvalue weighted by atomic mass is 35.5. The lowest BCUT2D eigenvalue weighted by Gasteiger charge is -2.22. The number of halogens is 1. The van der Waals surface area contributed by atoms with Crippen molar-refractivity contribution in [2.75, 3.05) is 12.1 Å². The highest BCUT2D eigenvalue weighted by Crippen LogP contribution is 2.42. The lowest BCUT2D eigenvalue weighted by Crippen LogP contribution is -2.18. The number of nitrogens with zero attached hydrogens (tertiary/aromatic N) is 4. The number of hydrogen-bond acceptors (Lipinski definition) is 7. The van der Waals surface area contributed by atoms with E-state index in [1.54, 1.807) is 30.6 Å². The van der Waals surface area contributed by atoms with E-state index in [9.17, 15) is 4.89 Å². The molecule has 8 nitrogen and oxygen atoms in total. The molecular weight excluding hydrogens is 377 g/mol. The second kappa shape index (κ2) is 7.63.